The van der Waals surface area contributed by atoms with Crippen LogP contribution in [-0.4, -0.2) is 11.2 Å². The van der Waals surface area contributed by atoms with Crippen LogP contribution in [-0.2, 0) is 0 Å². The van der Waals surface area contributed by atoms with Crippen LogP contribution in [0.1, 0.15) is 0 Å². The molecular formula is C12H11Cl2NS. The van der Waals surface area contributed by atoms with Gasteiger partial charge in [-0.3, -0.25) is 4.98 Å². The van der Waals surface area contributed by atoms with E-state index in [4.69, 9.17) is 11.6 Å². The molecule has 0 aliphatic carbocycles. The summed E-state index contributed by atoms with van der Waals surface area (Å²) in [4.78, 5) is 5.25. The lowest BCUT2D eigenvalue weighted by molar-refractivity contribution is 1.24. The van der Waals surface area contributed by atoms with Crippen molar-refractivity contribution in [2.45, 2.75) is 4.90 Å². The SMILES string of the molecule is CSc1cnccc1-c1ccccc1Cl.Cl. The van der Waals surface area contributed by atoms with E-state index in [9.17, 15) is 0 Å². The summed E-state index contributed by atoms with van der Waals surface area (Å²) in [7, 11) is 0. The molecule has 0 N–H and O–H groups in total. The lowest BCUT2D eigenvalue weighted by Gasteiger charge is -2.07. The number of halogens is 2. The molecule has 1 nitrogen and oxygen atoms in total. The van der Waals surface area contributed by atoms with Crippen molar-refractivity contribution in [3.05, 3.63) is 47.7 Å². The molecule has 1 aromatic heterocycles. The van der Waals surface area contributed by atoms with Crippen molar-refractivity contribution in [2.75, 3.05) is 6.26 Å². The third kappa shape index (κ3) is 2.70. The lowest BCUT2D eigenvalue weighted by atomic mass is 10.1. The Labute approximate surface area is 111 Å². The summed E-state index contributed by atoms with van der Waals surface area (Å²) in [5, 5.41) is 0.777. The number of pyridine rings is 1. The molecule has 0 saturated heterocycles. The van der Waals surface area contributed by atoms with E-state index in [0.29, 0.717) is 0 Å². The maximum atomic E-state index is 6.16. The summed E-state index contributed by atoms with van der Waals surface area (Å²) < 4.78 is 0. The molecule has 2 aromatic rings. The van der Waals surface area contributed by atoms with Crippen molar-refractivity contribution in [1.29, 1.82) is 0 Å². The monoisotopic (exact) mass is 271 g/mol. The molecule has 2 rings (SSSR count). The number of hydrogen-bond donors (Lipinski definition) is 0. The van der Waals surface area contributed by atoms with Crippen molar-refractivity contribution in [3.63, 3.8) is 0 Å². The van der Waals surface area contributed by atoms with E-state index in [2.05, 4.69) is 4.98 Å². The van der Waals surface area contributed by atoms with Gasteiger partial charge in [-0.1, -0.05) is 29.8 Å². The third-order valence-electron chi connectivity index (χ3n) is 2.17. The van der Waals surface area contributed by atoms with E-state index in [1.165, 1.54) is 0 Å². The number of rotatable bonds is 2. The summed E-state index contributed by atoms with van der Waals surface area (Å²) in [6.45, 7) is 0. The maximum Gasteiger partial charge on any atom is 0.0484 e. The van der Waals surface area contributed by atoms with E-state index in [1.54, 1.807) is 18.0 Å². The molecule has 1 aromatic carbocycles. The maximum absolute atomic E-state index is 6.16. The highest BCUT2D eigenvalue weighted by molar-refractivity contribution is 7.98. The van der Waals surface area contributed by atoms with Crippen LogP contribution in [0.2, 0.25) is 5.02 Å². The van der Waals surface area contributed by atoms with E-state index >= 15 is 0 Å². The molecule has 16 heavy (non-hydrogen) atoms. The predicted molar refractivity (Wildman–Crippen MR) is 73.7 cm³/mol. The van der Waals surface area contributed by atoms with Gasteiger partial charge >= 0.3 is 0 Å². The molecule has 0 amide bonds. The van der Waals surface area contributed by atoms with Gasteiger partial charge in [0.25, 0.3) is 0 Å². The highest BCUT2D eigenvalue weighted by Gasteiger charge is 2.06. The van der Waals surface area contributed by atoms with Gasteiger partial charge in [0, 0.05) is 27.9 Å². The van der Waals surface area contributed by atoms with Gasteiger partial charge in [-0.25, -0.2) is 0 Å². The van der Waals surface area contributed by atoms with Crippen LogP contribution in [0.25, 0.3) is 11.1 Å². The van der Waals surface area contributed by atoms with E-state index in [0.717, 1.165) is 21.0 Å². The Hall–Kier alpha value is -0.700. The van der Waals surface area contributed by atoms with Gasteiger partial charge < -0.3 is 0 Å². The molecule has 0 atom stereocenters. The molecule has 0 aliphatic heterocycles. The average molecular weight is 272 g/mol. The molecule has 0 fully saturated rings. The van der Waals surface area contributed by atoms with Gasteiger partial charge in [0.1, 0.15) is 0 Å². The fourth-order valence-electron chi connectivity index (χ4n) is 1.44. The minimum absolute atomic E-state index is 0. The van der Waals surface area contributed by atoms with E-state index in [1.807, 2.05) is 42.8 Å². The number of nitrogens with zero attached hydrogens (tertiary/aromatic N) is 1. The van der Waals surface area contributed by atoms with Crippen LogP contribution in [0, 0.1) is 0 Å². The zero-order valence-electron chi connectivity index (χ0n) is 8.68. The zero-order valence-corrected chi connectivity index (χ0v) is 11.1. The second-order valence-electron chi connectivity index (χ2n) is 3.06. The van der Waals surface area contributed by atoms with Crippen molar-refractivity contribution < 1.29 is 0 Å². The average Bonchev–Trinajstić information content (AvgIpc) is 2.30. The number of aromatic nitrogens is 1. The highest BCUT2D eigenvalue weighted by atomic mass is 35.5. The Morgan fingerprint density at radius 2 is 1.88 bits per heavy atom. The zero-order chi connectivity index (χ0) is 10.7. The van der Waals surface area contributed by atoms with E-state index < -0.39 is 0 Å². The Morgan fingerprint density at radius 3 is 2.56 bits per heavy atom. The molecular weight excluding hydrogens is 261 g/mol. The smallest absolute Gasteiger partial charge is 0.0484 e. The first-order valence-corrected chi connectivity index (χ1v) is 6.16. The molecule has 0 saturated carbocycles. The Balaban J connectivity index is 0.00000128. The van der Waals surface area contributed by atoms with Gasteiger partial charge in [-0.15, -0.1) is 24.2 Å². The summed E-state index contributed by atoms with van der Waals surface area (Å²) in [5.74, 6) is 0. The van der Waals surface area contributed by atoms with Crippen LogP contribution in [0.4, 0.5) is 0 Å². The van der Waals surface area contributed by atoms with Gasteiger partial charge in [-0.2, -0.15) is 0 Å². The first-order chi connectivity index (χ1) is 7.33. The van der Waals surface area contributed by atoms with Gasteiger partial charge in [0.2, 0.25) is 0 Å². The fourth-order valence-corrected chi connectivity index (χ4v) is 2.25. The second-order valence-corrected chi connectivity index (χ2v) is 4.31. The van der Waals surface area contributed by atoms with E-state index in [-0.39, 0.29) is 12.4 Å². The summed E-state index contributed by atoms with van der Waals surface area (Å²) >= 11 is 7.84. The molecule has 0 unspecified atom stereocenters. The van der Waals surface area contributed by atoms with Crippen molar-refractivity contribution >= 4 is 35.8 Å². The number of hydrogen-bond acceptors (Lipinski definition) is 2. The highest BCUT2D eigenvalue weighted by Crippen LogP contribution is 2.33. The molecule has 4 heteroatoms. The first kappa shape index (κ1) is 13.4. The lowest BCUT2D eigenvalue weighted by Crippen LogP contribution is -1.84. The van der Waals surface area contributed by atoms with Crippen molar-refractivity contribution in [3.8, 4) is 11.1 Å². The van der Waals surface area contributed by atoms with Crippen LogP contribution in [0.3, 0.4) is 0 Å². The Morgan fingerprint density at radius 1 is 1.12 bits per heavy atom. The van der Waals surface area contributed by atoms with Crippen LogP contribution >= 0.6 is 35.8 Å². The van der Waals surface area contributed by atoms with Gasteiger partial charge in [-0.05, 0) is 24.0 Å². The Kier molecular flexibility index (Phi) is 5.13. The summed E-state index contributed by atoms with van der Waals surface area (Å²) in [6, 6.07) is 9.85. The molecule has 0 spiro atoms. The second kappa shape index (κ2) is 6.14. The normalized spacial score (nSPS) is 9.62. The third-order valence-corrected chi connectivity index (χ3v) is 3.26. The summed E-state index contributed by atoms with van der Waals surface area (Å²) in [5.41, 5.74) is 2.20. The quantitative estimate of drug-likeness (QED) is 0.744. The molecule has 0 aliphatic rings. The standard InChI is InChI=1S/C12H10ClNS.ClH/c1-15-12-8-14-7-6-10(12)9-4-2-3-5-11(9)13;/h2-8H,1H3;1H. The summed E-state index contributed by atoms with van der Waals surface area (Å²) in [6.07, 6.45) is 5.69. The van der Waals surface area contributed by atoms with Gasteiger partial charge in [0.05, 0.1) is 0 Å². The molecule has 0 radical (unpaired) electrons. The topological polar surface area (TPSA) is 12.9 Å². The first-order valence-electron chi connectivity index (χ1n) is 4.56. The Bertz CT molecular complexity index is 474. The largest absolute Gasteiger partial charge is 0.264 e. The van der Waals surface area contributed by atoms with Crippen LogP contribution in [0.15, 0.2) is 47.6 Å². The minimum Gasteiger partial charge on any atom is -0.264 e. The fraction of sp³-hybridized carbons (Fsp3) is 0.0833. The molecule has 0 bridgehead atoms. The number of benzene rings is 1. The van der Waals surface area contributed by atoms with Crippen molar-refractivity contribution in [1.82, 2.24) is 4.98 Å². The number of thioether (sulfide) groups is 1. The minimum atomic E-state index is 0. The van der Waals surface area contributed by atoms with Crippen LogP contribution in [0.5, 0.6) is 0 Å². The van der Waals surface area contributed by atoms with Crippen molar-refractivity contribution in [2.24, 2.45) is 0 Å². The molecule has 84 valence electrons. The van der Waals surface area contributed by atoms with Crippen LogP contribution < -0.4 is 0 Å². The van der Waals surface area contributed by atoms with Gasteiger partial charge in [0.15, 0.2) is 0 Å². The molecule has 1 heterocycles. The predicted octanol–water partition coefficient (Wildman–Crippen LogP) is 4.55.